The normalized spacial score (nSPS) is 21.0. The van der Waals surface area contributed by atoms with E-state index in [1.54, 1.807) is 11.3 Å². The van der Waals surface area contributed by atoms with Crippen molar-refractivity contribution in [2.24, 2.45) is 0 Å². The number of thiazole rings is 1. The molecule has 5 rings (SSSR count). The number of piperidine rings is 1. The molecule has 0 saturated carbocycles. The van der Waals surface area contributed by atoms with Crippen LogP contribution in [0.5, 0.6) is 0 Å². The van der Waals surface area contributed by atoms with E-state index in [2.05, 4.69) is 43.9 Å². The number of hydrogen-bond acceptors (Lipinski definition) is 5. The average molecular weight is 325 g/mol. The molecular weight excluding hydrogens is 306 g/mol. The monoisotopic (exact) mass is 325 g/mol. The van der Waals surface area contributed by atoms with Crippen molar-refractivity contribution in [3.05, 3.63) is 35.9 Å². The first-order valence-corrected chi connectivity index (χ1v) is 9.22. The predicted octanol–water partition coefficient (Wildman–Crippen LogP) is 3.22. The lowest BCUT2D eigenvalue weighted by Gasteiger charge is -2.32. The summed E-state index contributed by atoms with van der Waals surface area (Å²) >= 11 is 1.80. The number of para-hydroxylation sites is 1. The standard InChI is InChI=1S/C17H19N5S/c1-2-7-14-13(6-1)18-17(23-14)21-9-3-5-12(11-21)16-20-19-15-8-4-10-22(15)16/h1-2,6-7,12H,3-5,8-11H2. The molecule has 0 bridgehead atoms. The highest BCUT2D eigenvalue weighted by Crippen LogP contribution is 2.34. The fourth-order valence-corrected chi connectivity index (χ4v) is 4.83. The van der Waals surface area contributed by atoms with Crippen molar-refractivity contribution in [2.75, 3.05) is 18.0 Å². The summed E-state index contributed by atoms with van der Waals surface area (Å²) in [4.78, 5) is 7.27. The van der Waals surface area contributed by atoms with Crippen molar-refractivity contribution >= 4 is 26.7 Å². The Bertz CT molecular complexity index is 819. The van der Waals surface area contributed by atoms with Crippen molar-refractivity contribution < 1.29 is 0 Å². The van der Waals surface area contributed by atoms with Gasteiger partial charge in [0.1, 0.15) is 11.6 Å². The van der Waals surface area contributed by atoms with Gasteiger partial charge < -0.3 is 9.47 Å². The van der Waals surface area contributed by atoms with E-state index < -0.39 is 0 Å². The molecule has 0 amide bonds. The van der Waals surface area contributed by atoms with Gasteiger partial charge in [0.2, 0.25) is 0 Å². The molecule has 6 heteroatoms. The summed E-state index contributed by atoms with van der Waals surface area (Å²) in [6.45, 7) is 3.20. The van der Waals surface area contributed by atoms with Crippen molar-refractivity contribution in [1.29, 1.82) is 0 Å². The molecule has 2 aliphatic rings. The summed E-state index contributed by atoms with van der Waals surface area (Å²) in [5.74, 6) is 2.86. The summed E-state index contributed by atoms with van der Waals surface area (Å²) in [5, 5.41) is 10.0. The Morgan fingerprint density at radius 1 is 1.09 bits per heavy atom. The van der Waals surface area contributed by atoms with E-state index in [0.29, 0.717) is 5.92 Å². The quantitative estimate of drug-likeness (QED) is 0.726. The van der Waals surface area contributed by atoms with Crippen LogP contribution in [0.1, 0.15) is 36.8 Å². The van der Waals surface area contributed by atoms with Gasteiger partial charge in [0, 0.05) is 32.0 Å². The number of anilines is 1. The molecule has 2 aromatic heterocycles. The minimum absolute atomic E-state index is 0.482. The second kappa shape index (κ2) is 5.30. The largest absolute Gasteiger partial charge is 0.347 e. The molecule has 0 N–H and O–H groups in total. The maximum absolute atomic E-state index is 4.83. The molecule has 0 radical (unpaired) electrons. The van der Waals surface area contributed by atoms with Crippen LogP contribution in [0.2, 0.25) is 0 Å². The molecule has 1 aromatic carbocycles. The van der Waals surface area contributed by atoms with Crippen LogP contribution in [-0.4, -0.2) is 32.8 Å². The van der Waals surface area contributed by atoms with Gasteiger partial charge in [-0.15, -0.1) is 10.2 Å². The third-order valence-electron chi connectivity index (χ3n) is 4.98. The number of benzene rings is 1. The lowest BCUT2D eigenvalue weighted by Crippen LogP contribution is -2.35. The van der Waals surface area contributed by atoms with E-state index in [9.17, 15) is 0 Å². The van der Waals surface area contributed by atoms with Crippen LogP contribution in [-0.2, 0) is 13.0 Å². The van der Waals surface area contributed by atoms with Gasteiger partial charge in [0.25, 0.3) is 0 Å². The third kappa shape index (κ3) is 2.24. The summed E-state index contributed by atoms with van der Waals surface area (Å²) in [6.07, 6.45) is 4.70. The highest BCUT2D eigenvalue weighted by atomic mass is 32.1. The van der Waals surface area contributed by atoms with E-state index in [1.165, 1.54) is 35.6 Å². The zero-order valence-electron chi connectivity index (χ0n) is 13.0. The maximum Gasteiger partial charge on any atom is 0.186 e. The molecule has 23 heavy (non-hydrogen) atoms. The summed E-state index contributed by atoms with van der Waals surface area (Å²) in [7, 11) is 0. The molecule has 4 heterocycles. The van der Waals surface area contributed by atoms with Crippen LogP contribution < -0.4 is 4.90 Å². The molecule has 1 saturated heterocycles. The highest BCUT2D eigenvalue weighted by Gasteiger charge is 2.29. The Balaban J connectivity index is 1.44. The van der Waals surface area contributed by atoms with Gasteiger partial charge in [-0.3, -0.25) is 0 Å². The minimum atomic E-state index is 0.482. The molecule has 5 nitrogen and oxygen atoms in total. The van der Waals surface area contributed by atoms with Crippen LogP contribution in [0.25, 0.3) is 10.2 Å². The highest BCUT2D eigenvalue weighted by molar-refractivity contribution is 7.22. The number of fused-ring (bicyclic) bond motifs is 2. The van der Waals surface area contributed by atoms with E-state index in [-0.39, 0.29) is 0 Å². The summed E-state index contributed by atoms with van der Waals surface area (Å²) < 4.78 is 3.62. The van der Waals surface area contributed by atoms with Gasteiger partial charge in [0.05, 0.1) is 10.2 Å². The smallest absolute Gasteiger partial charge is 0.186 e. The topological polar surface area (TPSA) is 46.8 Å². The number of aromatic nitrogens is 4. The summed E-state index contributed by atoms with van der Waals surface area (Å²) in [6, 6.07) is 8.40. The van der Waals surface area contributed by atoms with Crippen molar-refractivity contribution in [2.45, 2.75) is 38.1 Å². The first kappa shape index (κ1) is 13.5. The minimum Gasteiger partial charge on any atom is -0.347 e. The first-order valence-electron chi connectivity index (χ1n) is 8.41. The Labute approximate surface area is 139 Å². The Morgan fingerprint density at radius 3 is 3.00 bits per heavy atom. The van der Waals surface area contributed by atoms with Crippen LogP contribution >= 0.6 is 11.3 Å². The molecule has 1 atom stereocenters. The van der Waals surface area contributed by atoms with Gasteiger partial charge in [-0.05, 0) is 31.4 Å². The fraction of sp³-hybridized carbons (Fsp3) is 0.471. The van der Waals surface area contributed by atoms with E-state index >= 15 is 0 Å². The lowest BCUT2D eigenvalue weighted by molar-refractivity contribution is 0.473. The zero-order chi connectivity index (χ0) is 15.2. The van der Waals surface area contributed by atoms with Crippen LogP contribution in [0, 0.1) is 0 Å². The maximum atomic E-state index is 4.83. The molecule has 1 fully saturated rings. The van der Waals surface area contributed by atoms with E-state index in [0.717, 1.165) is 36.7 Å². The van der Waals surface area contributed by atoms with Crippen molar-refractivity contribution in [3.8, 4) is 0 Å². The first-order chi connectivity index (χ1) is 11.4. The zero-order valence-corrected chi connectivity index (χ0v) is 13.8. The lowest BCUT2D eigenvalue weighted by atomic mass is 9.97. The molecule has 1 unspecified atom stereocenters. The Morgan fingerprint density at radius 2 is 2.04 bits per heavy atom. The number of nitrogens with zero attached hydrogens (tertiary/aromatic N) is 5. The second-order valence-electron chi connectivity index (χ2n) is 6.48. The van der Waals surface area contributed by atoms with Gasteiger partial charge in [-0.25, -0.2) is 4.98 Å². The number of aryl methyl sites for hydroxylation is 1. The Kier molecular flexibility index (Phi) is 3.11. The van der Waals surface area contributed by atoms with Gasteiger partial charge in [-0.2, -0.15) is 0 Å². The SMILES string of the molecule is c1ccc2sc(N3CCCC(c4nnc5n4CCC5)C3)nc2c1. The van der Waals surface area contributed by atoms with Crippen LogP contribution in [0.4, 0.5) is 5.13 Å². The van der Waals surface area contributed by atoms with Crippen LogP contribution in [0.3, 0.4) is 0 Å². The number of hydrogen-bond donors (Lipinski definition) is 0. The van der Waals surface area contributed by atoms with Gasteiger partial charge >= 0.3 is 0 Å². The summed E-state index contributed by atoms with van der Waals surface area (Å²) in [5.41, 5.74) is 1.11. The molecule has 0 aliphatic carbocycles. The van der Waals surface area contributed by atoms with Crippen molar-refractivity contribution in [3.63, 3.8) is 0 Å². The molecular formula is C17H19N5S. The van der Waals surface area contributed by atoms with Crippen LogP contribution in [0.15, 0.2) is 24.3 Å². The molecule has 2 aliphatic heterocycles. The predicted molar refractivity (Wildman–Crippen MR) is 92.2 cm³/mol. The van der Waals surface area contributed by atoms with Gasteiger partial charge in [0.15, 0.2) is 5.13 Å². The molecule has 118 valence electrons. The Hall–Kier alpha value is -1.95. The van der Waals surface area contributed by atoms with E-state index in [4.69, 9.17) is 4.98 Å². The average Bonchev–Trinajstić information content (AvgIpc) is 3.29. The molecule has 0 spiro atoms. The second-order valence-corrected chi connectivity index (χ2v) is 7.49. The molecule has 3 aromatic rings. The fourth-order valence-electron chi connectivity index (χ4n) is 3.83. The van der Waals surface area contributed by atoms with Crippen molar-refractivity contribution in [1.82, 2.24) is 19.7 Å². The number of rotatable bonds is 2. The van der Waals surface area contributed by atoms with E-state index in [1.807, 2.05) is 0 Å². The third-order valence-corrected chi connectivity index (χ3v) is 6.07. The van der Waals surface area contributed by atoms with Gasteiger partial charge in [-0.1, -0.05) is 23.5 Å².